The van der Waals surface area contributed by atoms with Gasteiger partial charge in [-0.1, -0.05) is 32.0 Å². The van der Waals surface area contributed by atoms with Crippen LogP contribution < -0.4 is 4.74 Å². The first-order valence-electron chi connectivity index (χ1n) is 9.35. The van der Waals surface area contributed by atoms with E-state index in [1.807, 2.05) is 12.1 Å². The van der Waals surface area contributed by atoms with Crippen LogP contribution in [0.3, 0.4) is 0 Å². The van der Waals surface area contributed by atoms with Crippen molar-refractivity contribution in [3.63, 3.8) is 0 Å². The Balaban J connectivity index is 1.82. The standard InChI is InChI=1S/C23H26O3/c1-22(2)11-5-6-15-7-9-17(13-18(15)22)23(3)14-26-20-10-8-16(12-19(20)23)21(24)25-4/h7-10,12-13H,5-6,11,14H2,1-4H3. The van der Waals surface area contributed by atoms with Crippen molar-refractivity contribution in [2.45, 2.75) is 50.9 Å². The molecule has 1 unspecified atom stereocenters. The van der Waals surface area contributed by atoms with Gasteiger partial charge in [-0.25, -0.2) is 4.79 Å². The number of ether oxygens (including phenoxy) is 2. The fourth-order valence-electron chi connectivity index (χ4n) is 4.49. The minimum atomic E-state index is -0.311. The smallest absolute Gasteiger partial charge is 0.337 e. The fraction of sp³-hybridized carbons (Fsp3) is 0.435. The van der Waals surface area contributed by atoms with Crippen LogP contribution in [-0.2, 0) is 22.0 Å². The zero-order valence-corrected chi connectivity index (χ0v) is 16.0. The van der Waals surface area contributed by atoms with Crippen LogP contribution in [0.2, 0.25) is 0 Å². The van der Waals surface area contributed by atoms with E-state index in [0.29, 0.717) is 12.2 Å². The van der Waals surface area contributed by atoms with Crippen LogP contribution in [0.25, 0.3) is 0 Å². The summed E-state index contributed by atoms with van der Waals surface area (Å²) in [5.41, 5.74) is 5.76. The zero-order valence-electron chi connectivity index (χ0n) is 16.0. The van der Waals surface area contributed by atoms with E-state index in [0.717, 1.165) is 17.7 Å². The lowest BCUT2D eigenvalue weighted by atomic mass is 9.69. The fourth-order valence-corrected chi connectivity index (χ4v) is 4.49. The molecule has 0 bridgehead atoms. The molecular weight excluding hydrogens is 324 g/mol. The second-order valence-corrected chi connectivity index (χ2v) is 8.43. The maximum absolute atomic E-state index is 12.0. The maximum Gasteiger partial charge on any atom is 0.337 e. The predicted molar refractivity (Wildman–Crippen MR) is 102 cm³/mol. The molecule has 2 aromatic carbocycles. The summed E-state index contributed by atoms with van der Waals surface area (Å²) in [6.45, 7) is 7.47. The topological polar surface area (TPSA) is 35.5 Å². The molecule has 26 heavy (non-hydrogen) atoms. The molecule has 0 radical (unpaired) electrons. The van der Waals surface area contributed by atoms with Crippen LogP contribution >= 0.6 is 0 Å². The molecule has 2 aromatic rings. The molecule has 2 aliphatic rings. The van der Waals surface area contributed by atoms with E-state index in [2.05, 4.69) is 39.0 Å². The highest BCUT2D eigenvalue weighted by molar-refractivity contribution is 5.90. The molecule has 136 valence electrons. The number of benzene rings is 2. The molecule has 3 heteroatoms. The van der Waals surface area contributed by atoms with Gasteiger partial charge in [0.2, 0.25) is 0 Å². The molecule has 0 N–H and O–H groups in total. The van der Waals surface area contributed by atoms with Crippen molar-refractivity contribution in [3.05, 3.63) is 64.2 Å². The largest absolute Gasteiger partial charge is 0.492 e. The summed E-state index contributed by atoms with van der Waals surface area (Å²) in [5.74, 6) is 0.547. The minimum absolute atomic E-state index is 0.204. The van der Waals surface area contributed by atoms with Crippen molar-refractivity contribution in [1.29, 1.82) is 0 Å². The third kappa shape index (κ3) is 2.53. The average molecular weight is 350 g/mol. The molecule has 4 rings (SSSR count). The summed E-state index contributed by atoms with van der Waals surface area (Å²) in [5, 5.41) is 0. The summed E-state index contributed by atoms with van der Waals surface area (Å²) < 4.78 is 10.9. The molecule has 3 nitrogen and oxygen atoms in total. The lowest BCUT2D eigenvalue weighted by Gasteiger charge is -2.34. The second-order valence-electron chi connectivity index (χ2n) is 8.43. The third-order valence-corrected chi connectivity index (χ3v) is 6.24. The third-order valence-electron chi connectivity index (χ3n) is 6.24. The Bertz CT molecular complexity index is 881. The van der Waals surface area contributed by atoms with Gasteiger partial charge in [-0.15, -0.1) is 0 Å². The number of methoxy groups -OCH3 is 1. The number of carbonyl (C=O) groups excluding carboxylic acids is 1. The van der Waals surface area contributed by atoms with Gasteiger partial charge in [0, 0.05) is 5.56 Å². The molecule has 0 saturated carbocycles. The van der Waals surface area contributed by atoms with Crippen molar-refractivity contribution in [1.82, 2.24) is 0 Å². The van der Waals surface area contributed by atoms with Crippen molar-refractivity contribution in [3.8, 4) is 5.75 Å². The van der Waals surface area contributed by atoms with Crippen molar-refractivity contribution in [2.75, 3.05) is 13.7 Å². The summed E-state index contributed by atoms with van der Waals surface area (Å²) >= 11 is 0. The molecule has 0 aromatic heterocycles. The zero-order chi connectivity index (χ0) is 18.5. The minimum Gasteiger partial charge on any atom is -0.492 e. The van der Waals surface area contributed by atoms with Gasteiger partial charge >= 0.3 is 5.97 Å². The number of hydrogen-bond acceptors (Lipinski definition) is 3. The number of carbonyl (C=O) groups is 1. The lowest BCUT2D eigenvalue weighted by molar-refractivity contribution is 0.0600. The highest BCUT2D eigenvalue weighted by Gasteiger charge is 2.40. The van der Waals surface area contributed by atoms with Crippen LogP contribution in [0.1, 0.15) is 66.2 Å². The van der Waals surface area contributed by atoms with E-state index < -0.39 is 0 Å². The predicted octanol–water partition coefficient (Wildman–Crippen LogP) is 4.79. The van der Waals surface area contributed by atoms with Gasteiger partial charge in [-0.2, -0.15) is 0 Å². The average Bonchev–Trinajstić information content (AvgIpc) is 2.98. The molecule has 0 amide bonds. The van der Waals surface area contributed by atoms with E-state index in [1.165, 1.54) is 36.6 Å². The number of hydrogen-bond donors (Lipinski definition) is 0. The molecule has 0 fully saturated rings. The molecule has 0 saturated heterocycles. The molecule has 1 aliphatic carbocycles. The molecule has 0 spiro atoms. The van der Waals surface area contributed by atoms with E-state index in [1.54, 1.807) is 6.07 Å². The Morgan fingerprint density at radius 1 is 1.08 bits per heavy atom. The molecular formula is C23H26O3. The first kappa shape index (κ1) is 17.1. The van der Waals surface area contributed by atoms with E-state index in [9.17, 15) is 4.79 Å². The number of aryl methyl sites for hydroxylation is 1. The van der Waals surface area contributed by atoms with Crippen LogP contribution in [-0.4, -0.2) is 19.7 Å². The van der Waals surface area contributed by atoms with Gasteiger partial charge in [-0.05, 0) is 66.5 Å². The highest BCUT2D eigenvalue weighted by Crippen LogP contribution is 2.46. The van der Waals surface area contributed by atoms with Gasteiger partial charge in [0.1, 0.15) is 12.4 Å². The van der Waals surface area contributed by atoms with Gasteiger partial charge in [0.05, 0.1) is 18.1 Å². The summed E-state index contributed by atoms with van der Waals surface area (Å²) in [6.07, 6.45) is 3.64. The SMILES string of the molecule is COC(=O)c1ccc2c(c1)C(C)(c1ccc3c(c1)C(C)(C)CCC3)CO2. The van der Waals surface area contributed by atoms with Crippen LogP contribution in [0.15, 0.2) is 36.4 Å². The lowest BCUT2D eigenvalue weighted by Crippen LogP contribution is -2.29. The van der Waals surface area contributed by atoms with Crippen molar-refractivity contribution in [2.24, 2.45) is 0 Å². The van der Waals surface area contributed by atoms with Crippen LogP contribution in [0, 0.1) is 0 Å². The summed E-state index contributed by atoms with van der Waals surface area (Å²) in [6, 6.07) is 12.5. The molecule has 1 aliphatic heterocycles. The Morgan fingerprint density at radius 2 is 1.88 bits per heavy atom. The summed E-state index contributed by atoms with van der Waals surface area (Å²) in [7, 11) is 1.41. The van der Waals surface area contributed by atoms with Gasteiger partial charge in [-0.3, -0.25) is 0 Å². The Morgan fingerprint density at radius 3 is 2.65 bits per heavy atom. The van der Waals surface area contributed by atoms with E-state index in [4.69, 9.17) is 9.47 Å². The van der Waals surface area contributed by atoms with Gasteiger partial charge < -0.3 is 9.47 Å². The van der Waals surface area contributed by atoms with Crippen LogP contribution in [0.4, 0.5) is 0 Å². The quantitative estimate of drug-likeness (QED) is 0.731. The maximum atomic E-state index is 12.0. The molecule has 1 atom stereocenters. The Kier molecular flexibility index (Phi) is 3.87. The van der Waals surface area contributed by atoms with Gasteiger partial charge in [0.25, 0.3) is 0 Å². The van der Waals surface area contributed by atoms with Crippen LogP contribution in [0.5, 0.6) is 5.75 Å². The number of esters is 1. The Hall–Kier alpha value is -2.29. The van der Waals surface area contributed by atoms with Crippen molar-refractivity contribution < 1.29 is 14.3 Å². The highest BCUT2D eigenvalue weighted by atomic mass is 16.5. The normalized spacial score (nSPS) is 22.9. The first-order valence-corrected chi connectivity index (χ1v) is 9.35. The van der Waals surface area contributed by atoms with E-state index in [-0.39, 0.29) is 16.8 Å². The monoisotopic (exact) mass is 350 g/mol. The number of rotatable bonds is 2. The van der Waals surface area contributed by atoms with Crippen molar-refractivity contribution >= 4 is 5.97 Å². The summed E-state index contributed by atoms with van der Waals surface area (Å²) in [4.78, 5) is 12.0. The Labute approximate surface area is 155 Å². The van der Waals surface area contributed by atoms with Gasteiger partial charge in [0.15, 0.2) is 0 Å². The first-order chi connectivity index (χ1) is 12.3. The molecule has 1 heterocycles. The number of fused-ring (bicyclic) bond motifs is 2. The second kappa shape index (κ2) is 5.87. The van der Waals surface area contributed by atoms with E-state index >= 15 is 0 Å².